The fourth-order valence-corrected chi connectivity index (χ4v) is 3.91. The third-order valence-electron chi connectivity index (χ3n) is 4.05. The number of nitrogens with two attached hydrogens (primary N) is 1. The smallest absolute Gasteiger partial charge is 0.272 e. The summed E-state index contributed by atoms with van der Waals surface area (Å²) in [6.07, 6.45) is 3.21. The predicted octanol–water partition coefficient (Wildman–Crippen LogP) is 2.66. The van der Waals surface area contributed by atoms with Gasteiger partial charge in [0.2, 0.25) is 0 Å². The molecule has 0 radical (unpaired) electrons. The lowest BCUT2D eigenvalue weighted by Gasteiger charge is -2.23. The summed E-state index contributed by atoms with van der Waals surface area (Å²) in [5.41, 5.74) is 8.95. The maximum atomic E-state index is 12.6. The Bertz CT molecular complexity index is 673. The van der Waals surface area contributed by atoms with E-state index in [1.165, 1.54) is 10.4 Å². The zero-order chi connectivity index (χ0) is 15.0. The lowest BCUT2D eigenvalue weighted by molar-refractivity contribution is 0.0923. The van der Waals surface area contributed by atoms with Gasteiger partial charge < -0.3 is 11.1 Å². The van der Waals surface area contributed by atoms with Crippen molar-refractivity contribution < 1.29 is 4.79 Å². The summed E-state index contributed by atoms with van der Waals surface area (Å²) in [6.45, 7) is 4.42. The second-order valence-electron chi connectivity index (χ2n) is 5.38. The number of hydrogen-bond donors (Lipinski definition) is 2. The highest BCUT2D eigenvalue weighted by Crippen LogP contribution is 2.33. The van der Waals surface area contributed by atoms with E-state index in [4.69, 9.17) is 5.73 Å². The van der Waals surface area contributed by atoms with Crippen LogP contribution in [0.1, 0.15) is 52.4 Å². The molecule has 112 valence electrons. The van der Waals surface area contributed by atoms with Gasteiger partial charge in [-0.15, -0.1) is 11.3 Å². The molecule has 0 saturated heterocycles. The highest BCUT2D eigenvalue weighted by Gasteiger charge is 2.26. The van der Waals surface area contributed by atoms with Crippen molar-refractivity contribution in [3.05, 3.63) is 33.3 Å². The molecule has 1 aliphatic rings. The first kappa shape index (κ1) is 14.1. The molecule has 2 aromatic rings. The number of fused-ring (bicyclic) bond motifs is 1. The molecule has 3 rings (SSSR count). The van der Waals surface area contributed by atoms with Crippen molar-refractivity contribution >= 4 is 22.9 Å². The Kier molecular flexibility index (Phi) is 3.71. The van der Waals surface area contributed by atoms with Crippen molar-refractivity contribution in [1.82, 2.24) is 15.1 Å². The summed E-state index contributed by atoms with van der Waals surface area (Å²) in [5, 5.41) is 9.54. The molecule has 21 heavy (non-hydrogen) atoms. The monoisotopic (exact) mass is 304 g/mol. The van der Waals surface area contributed by atoms with E-state index in [0.717, 1.165) is 19.3 Å². The topological polar surface area (TPSA) is 72.9 Å². The van der Waals surface area contributed by atoms with Crippen molar-refractivity contribution in [2.45, 2.75) is 45.7 Å². The van der Waals surface area contributed by atoms with Crippen LogP contribution in [-0.2, 0) is 13.0 Å². The molecule has 1 unspecified atom stereocenters. The minimum absolute atomic E-state index is 0.0902. The van der Waals surface area contributed by atoms with Gasteiger partial charge in [0.1, 0.15) is 5.69 Å². The fourth-order valence-electron chi connectivity index (χ4n) is 2.93. The lowest BCUT2D eigenvalue weighted by atomic mass is 9.94. The highest BCUT2D eigenvalue weighted by atomic mass is 32.1. The molecular weight excluding hydrogens is 284 g/mol. The van der Waals surface area contributed by atoms with Gasteiger partial charge in [0.15, 0.2) is 0 Å². The van der Waals surface area contributed by atoms with Crippen molar-refractivity contribution in [2.75, 3.05) is 5.73 Å². The third kappa shape index (κ3) is 2.44. The molecule has 6 heteroatoms. The molecule has 0 aromatic carbocycles. The molecule has 0 saturated carbocycles. The molecule has 0 aliphatic heterocycles. The Morgan fingerprint density at radius 2 is 2.43 bits per heavy atom. The van der Waals surface area contributed by atoms with E-state index in [-0.39, 0.29) is 11.9 Å². The van der Waals surface area contributed by atoms with Gasteiger partial charge >= 0.3 is 0 Å². The summed E-state index contributed by atoms with van der Waals surface area (Å²) < 4.78 is 1.68. The first-order chi connectivity index (χ1) is 10.1. The maximum Gasteiger partial charge on any atom is 0.272 e. The normalized spacial score (nSPS) is 17.5. The van der Waals surface area contributed by atoms with E-state index >= 15 is 0 Å². The van der Waals surface area contributed by atoms with E-state index in [9.17, 15) is 4.79 Å². The molecule has 0 bridgehead atoms. The van der Waals surface area contributed by atoms with Gasteiger partial charge in [0, 0.05) is 11.4 Å². The molecule has 1 aliphatic carbocycles. The van der Waals surface area contributed by atoms with Crippen molar-refractivity contribution in [2.24, 2.45) is 0 Å². The number of nitrogens with zero attached hydrogens (tertiary/aromatic N) is 2. The van der Waals surface area contributed by atoms with Crippen LogP contribution >= 0.6 is 11.3 Å². The third-order valence-corrected chi connectivity index (χ3v) is 5.04. The Hall–Kier alpha value is -1.82. The second kappa shape index (κ2) is 5.52. The van der Waals surface area contributed by atoms with Crippen LogP contribution in [0.5, 0.6) is 0 Å². The van der Waals surface area contributed by atoms with Crippen molar-refractivity contribution in [3.63, 3.8) is 0 Å². The number of aromatic nitrogens is 2. The number of aryl methyl sites for hydroxylation is 3. The van der Waals surface area contributed by atoms with Crippen molar-refractivity contribution in [3.8, 4) is 0 Å². The number of rotatable bonds is 3. The zero-order valence-electron chi connectivity index (χ0n) is 12.3. The summed E-state index contributed by atoms with van der Waals surface area (Å²) >= 11 is 1.77. The molecule has 2 aromatic heterocycles. The summed E-state index contributed by atoms with van der Waals surface area (Å²) in [6, 6.07) is 2.21. The summed E-state index contributed by atoms with van der Waals surface area (Å²) in [5.74, 6) is -0.126. The lowest BCUT2D eigenvalue weighted by Crippen LogP contribution is -2.32. The van der Waals surface area contributed by atoms with Gasteiger partial charge in [0.05, 0.1) is 17.4 Å². The molecule has 2 heterocycles. The van der Waals surface area contributed by atoms with Crippen LogP contribution < -0.4 is 11.1 Å². The van der Waals surface area contributed by atoms with Crippen LogP contribution in [0.2, 0.25) is 0 Å². The van der Waals surface area contributed by atoms with Crippen LogP contribution in [-0.4, -0.2) is 15.7 Å². The van der Waals surface area contributed by atoms with Gasteiger partial charge in [-0.2, -0.15) is 5.10 Å². The highest BCUT2D eigenvalue weighted by molar-refractivity contribution is 7.10. The Labute approximate surface area is 128 Å². The average Bonchev–Trinajstić information content (AvgIpc) is 3.05. The van der Waals surface area contributed by atoms with Gasteiger partial charge in [-0.3, -0.25) is 9.48 Å². The summed E-state index contributed by atoms with van der Waals surface area (Å²) in [4.78, 5) is 14.0. The molecule has 0 fully saturated rings. The van der Waals surface area contributed by atoms with Crippen molar-refractivity contribution in [1.29, 1.82) is 0 Å². The van der Waals surface area contributed by atoms with Crippen LogP contribution in [0.3, 0.4) is 0 Å². The van der Waals surface area contributed by atoms with E-state index in [1.807, 2.05) is 13.8 Å². The van der Waals surface area contributed by atoms with Gasteiger partial charge in [-0.1, -0.05) is 0 Å². The number of carbonyl (C=O) groups is 1. The van der Waals surface area contributed by atoms with Crippen LogP contribution in [0.4, 0.5) is 5.69 Å². The SMILES string of the molecule is CCn1nc(C)c(N)c1C(=O)NC1CCCc2sccc21. The second-order valence-corrected chi connectivity index (χ2v) is 6.38. The zero-order valence-corrected chi connectivity index (χ0v) is 13.2. The minimum Gasteiger partial charge on any atom is -0.395 e. The Balaban J connectivity index is 1.85. The number of hydrogen-bond acceptors (Lipinski definition) is 4. The molecule has 3 N–H and O–H groups in total. The average molecular weight is 304 g/mol. The van der Waals surface area contributed by atoms with E-state index in [1.54, 1.807) is 16.0 Å². The largest absolute Gasteiger partial charge is 0.395 e. The first-order valence-electron chi connectivity index (χ1n) is 7.31. The van der Waals surface area contributed by atoms with E-state index in [2.05, 4.69) is 21.9 Å². The number of amides is 1. The number of nitrogen functional groups attached to an aromatic ring is 1. The Morgan fingerprint density at radius 1 is 1.62 bits per heavy atom. The number of anilines is 1. The van der Waals surface area contributed by atoms with Gasteiger partial charge in [-0.05, 0) is 50.1 Å². The van der Waals surface area contributed by atoms with Gasteiger partial charge in [-0.25, -0.2) is 0 Å². The molecule has 1 amide bonds. The Morgan fingerprint density at radius 3 is 3.19 bits per heavy atom. The fraction of sp³-hybridized carbons (Fsp3) is 0.467. The number of nitrogens with one attached hydrogen (secondary N) is 1. The molecule has 5 nitrogen and oxygen atoms in total. The number of thiophene rings is 1. The van der Waals surface area contributed by atoms with Crippen LogP contribution in [0.15, 0.2) is 11.4 Å². The maximum absolute atomic E-state index is 12.6. The standard InChI is InChI=1S/C15H20N4OS/c1-3-19-14(13(16)9(2)18-19)15(20)17-11-5-4-6-12-10(11)7-8-21-12/h7-8,11H,3-6,16H2,1-2H3,(H,17,20). The van der Waals surface area contributed by atoms with Crippen LogP contribution in [0, 0.1) is 6.92 Å². The minimum atomic E-state index is -0.126. The molecule has 0 spiro atoms. The molecular formula is C15H20N4OS. The molecule has 1 atom stereocenters. The number of carbonyl (C=O) groups excluding carboxylic acids is 1. The van der Waals surface area contributed by atoms with Crippen LogP contribution in [0.25, 0.3) is 0 Å². The predicted molar refractivity (Wildman–Crippen MR) is 84.5 cm³/mol. The van der Waals surface area contributed by atoms with Gasteiger partial charge in [0.25, 0.3) is 5.91 Å². The quantitative estimate of drug-likeness (QED) is 0.915. The summed E-state index contributed by atoms with van der Waals surface area (Å²) in [7, 11) is 0. The van der Waals surface area contributed by atoms with E-state index in [0.29, 0.717) is 23.6 Å². The first-order valence-corrected chi connectivity index (χ1v) is 8.19. The van der Waals surface area contributed by atoms with E-state index < -0.39 is 0 Å².